The Morgan fingerprint density at radius 1 is 1.07 bits per heavy atom. The average molecular weight is 390 g/mol. The van der Waals surface area contributed by atoms with Crippen molar-refractivity contribution in [3.8, 4) is 5.75 Å². The molecule has 0 aliphatic carbocycles. The van der Waals surface area contributed by atoms with Crippen molar-refractivity contribution < 1.29 is 9.90 Å². The van der Waals surface area contributed by atoms with Crippen LogP contribution in [0.5, 0.6) is 5.75 Å². The van der Waals surface area contributed by atoms with Crippen LogP contribution in [0.4, 0.5) is 0 Å². The summed E-state index contributed by atoms with van der Waals surface area (Å²) in [5.41, 5.74) is 5.02. The van der Waals surface area contributed by atoms with Crippen molar-refractivity contribution in [2.45, 2.75) is 6.92 Å². The lowest BCUT2D eigenvalue weighted by Gasteiger charge is -2.06. The van der Waals surface area contributed by atoms with Gasteiger partial charge in [-0.25, -0.2) is 10.4 Å². The number of aromatic hydroxyl groups is 1. The first-order valence-corrected chi connectivity index (χ1v) is 9.02. The van der Waals surface area contributed by atoms with E-state index in [1.165, 1.54) is 6.21 Å². The van der Waals surface area contributed by atoms with Gasteiger partial charge in [0.2, 0.25) is 0 Å². The number of para-hydroxylation sites is 1. The second-order valence-electron chi connectivity index (χ2n) is 6.43. The maximum absolute atomic E-state index is 12.4. The highest BCUT2D eigenvalue weighted by atomic mass is 35.5. The first kappa shape index (κ1) is 17.9. The highest BCUT2D eigenvalue weighted by molar-refractivity contribution is 6.32. The number of carbonyl (C=O) groups is 1. The van der Waals surface area contributed by atoms with E-state index in [2.05, 4.69) is 15.5 Å². The molecule has 0 atom stereocenters. The number of hydrogen-bond donors (Lipinski definition) is 2. The van der Waals surface area contributed by atoms with Gasteiger partial charge in [0.05, 0.1) is 17.3 Å². The van der Waals surface area contributed by atoms with E-state index < -0.39 is 5.91 Å². The van der Waals surface area contributed by atoms with E-state index in [0.29, 0.717) is 10.7 Å². The number of carbonyl (C=O) groups excluding carboxylic acids is 1. The minimum atomic E-state index is -0.514. The molecule has 0 unspecified atom stereocenters. The van der Waals surface area contributed by atoms with Gasteiger partial charge >= 0.3 is 0 Å². The quantitative estimate of drug-likeness (QED) is 0.299. The topological polar surface area (TPSA) is 74.6 Å². The molecule has 5 nitrogen and oxygen atoms in total. The van der Waals surface area contributed by atoms with E-state index in [4.69, 9.17) is 11.6 Å². The molecule has 1 amide bonds. The van der Waals surface area contributed by atoms with Crippen LogP contribution in [0.25, 0.3) is 21.7 Å². The number of benzene rings is 3. The van der Waals surface area contributed by atoms with Crippen LogP contribution < -0.4 is 5.43 Å². The molecule has 0 saturated heterocycles. The third kappa shape index (κ3) is 3.40. The molecular formula is C22H16ClN3O2. The Kier molecular flexibility index (Phi) is 4.67. The molecule has 3 aromatic carbocycles. The van der Waals surface area contributed by atoms with Crippen molar-refractivity contribution in [1.29, 1.82) is 0 Å². The third-order valence-corrected chi connectivity index (χ3v) is 4.81. The minimum Gasteiger partial charge on any atom is -0.507 e. The zero-order chi connectivity index (χ0) is 19.7. The summed E-state index contributed by atoms with van der Waals surface area (Å²) in [6.45, 7) is 1.97. The Labute approximate surface area is 166 Å². The van der Waals surface area contributed by atoms with E-state index in [1.54, 1.807) is 12.1 Å². The summed E-state index contributed by atoms with van der Waals surface area (Å²) < 4.78 is 0. The van der Waals surface area contributed by atoms with Gasteiger partial charge < -0.3 is 5.11 Å². The summed E-state index contributed by atoms with van der Waals surface area (Å²) in [7, 11) is 0. The number of phenols is 1. The predicted octanol–water partition coefficient (Wildman–Crippen LogP) is 4.82. The number of halogens is 1. The van der Waals surface area contributed by atoms with Crippen molar-refractivity contribution in [2.24, 2.45) is 5.10 Å². The predicted molar refractivity (Wildman–Crippen MR) is 112 cm³/mol. The lowest BCUT2D eigenvalue weighted by molar-refractivity contribution is 0.0952. The van der Waals surface area contributed by atoms with Crippen LogP contribution in [-0.4, -0.2) is 22.2 Å². The van der Waals surface area contributed by atoms with Crippen LogP contribution in [0.1, 0.15) is 21.5 Å². The maximum Gasteiger partial charge on any atom is 0.275 e. The van der Waals surface area contributed by atoms with Crippen LogP contribution in [0.3, 0.4) is 0 Å². The second-order valence-corrected chi connectivity index (χ2v) is 6.79. The highest BCUT2D eigenvalue weighted by Gasteiger charge is 2.12. The SMILES string of the molecule is Cc1cccc2cc(/C=N\NC(=O)c3cc4ccccc4cc3O)c(Cl)nc12. The van der Waals surface area contributed by atoms with Crippen LogP contribution >= 0.6 is 11.6 Å². The number of fused-ring (bicyclic) bond motifs is 2. The fourth-order valence-electron chi connectivity index (χ4n) is 3.06. The third-order valence-electron chi connectivity index (χ3n) is 4.51. The molecule has 6 heteroatoms. The largest absolute Gasteiger partial charge is 0.507 e. The summed E-state index contributed by atoms with van der Waals surface area (Å²) in [4.78, 5) is 16.8. The smallest absolute Gasteiger partial charge is 0.275 e. The number of aromatic nitrogens is 1. The number of nitrogens with zero attached hydrogens (tertiary/aromatic N) is 2. The lowest BCUT2D eigenvalue weighted by Crippen LogP contribution is -2.17. The lowest BCUT2D eigenvalue weighted by atomic mass is 10.1. The van der Waals surface area contributed by atoms with Crippen molar-refractivity contribution >= 4 is 45.4 Å². The standard InChI is InChI=1S/C22H16ClN3O2/c1-13-5-4-8-16-9-17(21(23)25-20(13)16)12-24-26-22(28)18-10-14-6-2-3-7-15(14)11-19(18)27/h2-12,27H,1H3,(H,26,28)/b24-12-. The van der Waals surface area contributed by atoms with Gasteiger partial charge in [-0.3, -0.25) is 4.79 Å². The number of nitrogens with one attached hydrogen (secondary N) is 1. The van der Waals surface area contributed by atoms with Gasteiger partial charge in [0, 0.05) is 10.9 Å². The molecule has 2 N–H and O–H groups in total. The van der Waals surface area contributed by atoms with Gasteiger partial charge in [-0.2, -0.15) is 5.10 Å². The van der Waals surface area contributed by atoms with Gasteiger partial charge in [0.1, 0.15) is 10.9 Å². The summed E-state index contributed by atoms with van der Waals surface area (Å²) >= 11 is 6.24. The molecule has 4 rings (SSSR count). The summed E-state index contributed by atoms with van der Waals surface area (Å²) in [5, 5.41) is 17.0. The van der Waals surface area contributed by atoms with Crippen molar-refractivity contribution in [2.75, 3.05) is 0 Å². The molecule has 0 spiro atoms. The Morgan fingerprint density at radius 2 is 1.79 bits per heavy atom. The summed E-state index contributed by atoms with van der Waals surface area (Å²) in [6, 6.07) is 18.4. The van der Waals surface area contributed by atoms with Gasteiger partial charge in [-0.05, 0) is 41.5 Å². The zero-order valence-corrected chi connectivity index (χ0v) is 15.7. The Bertz CT molecular complexity index is 1250. The Morgan fingerprint density at radius 3 is 2.57 bits per heavy atom. The molecule has 0 aliphatic heterocycles. The van der Waals surface area contributed by atoms with Crippen molar-refractivity contribution in [3.05, 3.63) is 82.5 Å². The van der Waals surface area contributed by atoms with Gasteiger partial charge in [-0.1, -0.05) is 54.1 Å². The second kappa shape index (κ2) is 7.29. The molecule has 138 valence electrons. The van der Waals surface area contributed by atoms with E-state index >= 15 is 0 Å². The number of rotatable bonds is 3. The molecule has 28 heavy (non-hydrogen) atoms. The van der Waals surface area contributed by atoms with E-state index in [9.17, 15) is 9.90 Å². The molecule has 0 saturated carbocycles. The van der Waals surface area contributed by atoms with Crippen molar-refractivity contribution in [1.82, 2.24) is 10.4 Å². The van der Waals surface area contributed by atoms with Crippen LogP contribution in [0.2, 0.25) is 5.15 Å². The number of phenolic OH excluding ortho intramolecular Hbond substituents is 1. The summed E-state index contributed by atoms with van der Waals surface area (Å²) in [6.07, 6.45) is 1.44. The minimum absolute atomic E-state index is 0.104. The van der Waals surface area contributed by atoms with Crippen LogP contribution in [-0.2, 0) is 0 Å². The molecule has 4 aromatic rings. The van der Waals surface area contributed by atoms with E-state index in [-0.39, 0.29) is 11.3 Å². The average Bonchev–Trinajstić information content (AvgIpc) is 2.68. The van der Waals surface area contributed by atoms with Crippen LogP contribution in [0, 0.1) is 6.92 Å². The highest BCUT2D eigenvalue weighted by Crippen LogP contribution is 2.25. The fourth-order valence-corrected chi connectivity index (χ4v) is 3.25. The number of hydrazone groups is 1. The Balaban J connectivity index is 1.58. The Hall–Kier alpha value is -3.44. The first-order valence-electron chi connectivity index (χ1n) is 8.64. The molecule has 0 aliphatic rings. The molecule has 1 heterocycles. The first-order chi connectivity index (χ1) is 13.5. The monoisotopic (exact) mass is 389 g/mol. The number of aryl methyl sites for hydroxylation is 1. The van der Waals surface area contributed by atoms with Gasteiger partial charge in [0.15, 0.2) is 0 Å². The number of hydrogen-bond acceptors (Lipinski definition) is 4. The fraction of sp³-hybridized carbons (Fsp3) is 0.0455. The number of pyridine rings is 1. The van der Waals surface area contributed by atoms with Gasteiger partial charge in [0.25, 0.3) is 5.91 Å². The molecular weight excluding hydrogens is 374 g/mol. The van der Waals surface area contributed by atoms with E-state index in [1.807, 2.05) is 55.5 Å². The molecule has 0 radical (unpaired) electrons. The zero-order valence-electron chi connectivity index (χ0n) is 15.0. The van der Waals surface area contributed by atoms with Gasteiger partial charge in [-0.15, -0.1) is 0 Å². The van der Waals surface area contributed by atoms with E-state index in [0.717, 1.165) is 27.2 Å². The molecule has 1 aromatic heterocycles. The van der Waals surface area contributed by atoms with Crippen molar-refractivity contribution in [3.63, 3.8) is 0 Å². The number of amides is 1. The van der Waals surface area contributed by atoms with Crippen LogP contribution in [0.15, 0.2) is 65.8 Å². The summed E-state index contributed by atoms with van der Waals surface area (Å²) in [5.74, 6) is -0.618. The maximum atomic E-state index is 12.4. The molecule has 0 bridgehead atoms. The normalized spacial score (nSPS) is 11.4. The molecule has 0 fully saturated rings.